The van der Waals surface area contributed by atoms with Gasteiger partial charge in [0.05, 0.1) is 11.3 Å². The average molecular weight is 465 g/mol. The molecule has 2 aromatic heterocycles. The molecule has 1 unspecified atom stereocenters. The summed E-state index contributed by atoms with van der Waals surface area (Å²) in [7, 11) is 1.70. The number of aromatic nitrogens is 3. The van der Waals surface area contributed by atoms with Gasteiger partial charge in [-0.2, -0.15) is 0 Å². The molecule has 0 saturated heterocycles. The van der Waals surface area contributed by atoms with Crippen molar-refractivity contribution >= 4 is 18.4 Å². The summed E-state index contributed by atoms with van der Waals surface area (Å²) in [6.07, 6.45) is 4.25. The highest BCUT2D eigenvalue weighted by Crippen LogP contribution is 2.28. The van der Waals surface area contributed by atoms with Gasteiger partial charge in [-0.15, -0.1) is 12.4 Å². The topological polar surface area (TPSA) is 59.8 Å². The van der Waals surface area contributed by atoms with Crippen LogP contribution in [0.2, 0.25) is 0 Å². The molecule has 2 aromatic carbocycles. The first-order chi connectivity index (χ1) is 15.5. The molecule has 2 heterocycles. The third-order valence-electron chi connectivity index (χ3n) is 5.41. The van der Waals surface area contributed by atoms with E-state index < -0.39 is 0 Å². The molecule has 4 rings (SSSR count). The van der Waals surface area contributed by atoms with E-state index in [9.17, 15) is 9.18 Å². The molecule has 1 N–H and O–H groups in total. The quantitative estimate of drug-likeness (QED) is 0.400. The van der Waals surface area contributed by atoms with Gasteiger partial charge >= 0.3 is 0 Å². The number of rotatable bonds is 7. The molecule has 0 aliphatic carbocycles. The minimum Gasteiger partial charge on any atom is -0.355 e. The first-order valence-corrected chi connectivity index (χ1v) is 10.6. The van der Waals surface area contributed by atoms with Gasteiger partial charge in [0.25, 0.3) is 5.56 Å². The maximum absolute atomic E-state index is 13.5. The van der Waals surface area contributed by atoms with Crippen LogP contribution in [-0.2, 0) is 13.5 Å². The third kappa shape index (κ3) is 5.65. The summed E-state index contributed by atoms with van der Waals surface area (Å²) in [5.41, 5.74) is 3.44. The molecular weight excluding hydrogens is 439 g/mol. The molecule has 170 valence electrons. The minimum absolute atomic E-state index is 0. The first kappa shape index (κ1) is 24.1. The van der Waals surface area contributed by atoms with E-state index in [1.807, 2.05) is 30.3 Å². The zero-order valence-corrected chi connectivity index (χ0v) is 19.3. The van der Waals surface area contributed by atoms with E-state index in [-0.39, 0.29) is 23.8 Å². The van der Waals surface area contributed by atoms with Gasteiger partial charge in [0.1, 0.15) is 5.82 Å². The summed E-state index contributed by atoms with van der Waals surface area (Å²) in [6, 6.07) is 19.9. The SMILES string of the molecule is CC(CNc1nc(-c2ccncc2)c(-c2ccc(F)cc2)c(=O)n1C)Cc1ccccc1.Cl. The smallest absolute Gasteiger partial charge is 0.263 e. The summed E-state index contributed by atoms with van der Waals surface area (Å²) >= 11 is 0. The highest BCUT2D eigenvalue weighted by atomic mass is 35.5. The van der Waals surface area contributed by atoms with Crippen molar-refractivity contribution in [3.63, 3.8) is 0 Å². The zero-order chi connectivity index (χ0) is 22.5. The van der Waals surface area contributed by atoms with Crippen molar-refractivity contribution in [2.75, 3.05) is 11.9 Å². The van der Waals surface area contributed by atoms with Gasteiger partial charge in [-0.05, 0) is 47.7 Å². The Bertz CT molecular complexity index is 1250. The van der Waals surface area contributed by atoms with E-state index in [4.69, 9.17) is 4.98 Å². The molecule has 7 heteroatoms. The van der Waals surface area contributed by atoms with Crippen LogP contribution >= 0.6 is 12.4 Å². The normalized spacial score (nSPS) is 11.5. The molecule has 4 aromatic rings. The van der Waals surface area contributed by atoms with Crippen molar-refractivity contribution < 1.29 is 4.39 Å². The van der Waals surface area contributed by atoms with Crippen LogP contribution in [0, 0.1) is 11.7 Å². The number of benzene rings is 2. The number of hydrogen-bond acceptors (Lipinski definition) is 4. The van der Waals surface area contributed by atoms with Crippen molar-refractivity contribution in [2.45, 2.75) is 13.3 Å². The standard InChI is InChI=1S/C26H25FN4O.ClH/c1-18(16-19-6-4-3-5-7-19)17-29-26-30-24(21-12-14-28-15-13-21)23(25(32)31(26)2)20-8-10-22(27)11-9-20;/h3-15,18H,16-17H2,1-2H3,(H,29,30);1H. The molecule has 5 nitrogen and oxygen atoms in total. The molecule has 33 heavy (non-hydrogen) atoms. The summed E-state index contributed by atoms with van der Waals surface area (Å²) in [6.45, 7) is 2.83. The summed E-state index contributed by atoms with van der Waals surface area (Å²) in [5.74, 6) is 0.484. The summed E-state index contributed by atoms with van der Waals surface area (Å²) < 4.78 is 15.0. The van der Waals surface area contributed by atoms with Crippen LogP contribution in [0.15, 0.2) is 83.9 Å². The molecular formula is C26H26ClFN4O. The second-order valence-electron chi connectivity index (χ2n) is 7.94. The molecule has 0 radical (unpaired) electrons. The fourth-order valence-electron chi connectivity index (χ4n) is 3.71. The Hall–Kier alpha value is -3.51. The van der Waals surface area contributed by atoms with Gasteiger partial charge in [-0.25, -0.2) is 9.37 Å². The van der Waals surface area contributed by atoms with Gasteiger partial charge in [0, 0.05) is 31.5 Å². The number of anilines is 1. The van der Waals surface area contributed by atoms with Crippen LogP contribution < -0.4 is 10.9 Å². The van der Waals surface area contributed by atoms with Crippen molar-refractivity contribution in [3.05, 3.63) is 101 Å². The molecule has 0 amide bonds. The van der Waals surface area contributed by atoms with Crippen LogP contribution in [-0.4, -0.2) is 21.1 Å². The number of pyridine rings is 1. The Morgan fingerprint density at radius 2 is 1.64 bits per heavy atom. The Balaban J connectivity index is 0.00000306. The number of hydrogen-bond donors (Lipinski definition) is 1. The molecule has 1 atom stereocenters. The van der Waals surface area contributed by atoms with E-state index in [0.29, 0.717) is 35.2 Å². The number of halogens is 2. The lowest BCUT2D eigenvalue weighted by Crippen LogP contribution is -2.26. The van der Waals surface area contributed by atoms with Gasteiger partial charge in [0.2, 0.25) is 5.95 Å². The second kappa shape index (κ2) is 10.9. The summed E-state index contributed by atoms with van der Waals surface area (Å²) in [5, 5.41) is 3.35. The van der Waals surface area contributed by atoms with E-state index in [0.717, 1.165) is 12.0 Å². The minimum atomic E-state index is -0.352. The third-order valence-corrected chi connectivity index (χ3v) is 5.41. The predicted molar refractivity (Wildman–Crippen MR) is 133 cm³/mol. The fourth-order valence-corrected chi connectivity index (χ4v) is 3.71. The number of nitrogens with one attached hydrogen (secondary N) is 1. The Morgan fingerprint density at radius 1 is 0.970 bits per heavy atom. The van der Waals surface area contributed by atoms with Crippen LogP contribution in [0.3, 0.4) is 0 Å². The molecule has 0 aliphatic rings. The van der Waals surface area contributed by atoms with E-state index in [2.05, 4.69) is 29.4 Å². The van der Waals surface area contributed by atoms with Crippen molar-refractivity contribution in [1.82, 2.24) is 14.5 Å². The molecule has 0 bridgehead atoms. The van der Waals surface area contributed by atoms with E-state index >= 15 is 0 Å². The highest BCUT2D eigenvalue weighted by Gasteiger charge is 2.18. The Morgan fingerprint density at radius 3 is 2.30 bits per heavy atom. The maximum atomic E-state index is 13.5. The van der Waals surface area contributed by atoms with Crippen LogP contribution in [0.4, 0.5) is 10.3 Å². The van der Waals surface area contributed by atoms with Crippen molar-refractivity contribution in [1.29, 1.82) is 0 Å². The van der Waals surface area contributed by atoms with Gasteiger partial charge in [0.15, 0.2) is 0 Å². The van der Waals surface area contributed by atoms with E-state index in [1.54, 1.807) is 31.6 Å². The Labute approximate surface area is 198 Å². The first-order valence-electron chi connectivity index (χ1n) is 10.6. The predicted octanol–water partition coefficient (Wildman–Crippen LogP) is 5.36. The van der Waals surface area contributed by atoms with Crippen molar-refractivity contribution in [3.8, 4) is 22.4 Å². The lowest BCUT2D eigenvalue weighted by molar-refractivity contribution is 0.606. The Kier molecular flexibility index (Phi) is 7.96. The number of nitrogens with zero attached hydrogens (tertiary/aromatic N) is 3. The maximum Gasteiger partial charge on any atom is 0.263 e. The van der Waals surface area contributed by atoms with Crippen molar-refractivity contribution in [2.24, 2.45) is 13.0 Å². The molecule has 0 fully saturated rings. The summed E-state index contributed by atoms with van der Waals surface area (Å²) in [4.78, 5) is 22.3. The van der Waals surface area contributed by atoms with Gasteiger partial charge in [-0.3, -0.25) is 14.3 Å². The second-order valence-corrected chi connectivity index (χ2v) is 7.94. The lowest BCUT2D eigenvalue weighted by Gasteiger charge is -2.18. The molecule has 0 spiro atoms. The largest absolute Gasteiger partial charge is 0.355 e. The van der Waals surface area contributed by atoms with Gasteiger partial charge < -0.3 is 5.32 Å². The van der Waals surface area contributed by atoms with Crippen LogP contribution in [0.5, 0.6) is 0 Å². The highest BCUT2D eigenvalue weighted by molar-refractivity contribution is 5.85. The van der Waals surface area contributed by atoms with Gasteiger partial charge in [-0.1, -0.05) is 49.4 Å². The molecule has 0 saturated carbocycles. The molecule has 0 aliphatic heterocycles. The zero-order valence-electron chi connectivity index (χ0n) is 18.5. The fraction of sp³-hybridized carbons (Fsp3) is 0.192. The lowest BCUT2D eigenvalue weighted by atomic mass is 10.0. The van der Waals surface area contributed by atoms with E-state index in [1.165, 1.54) is 22.3 Å². The van der Waals surface area contributed by atoms with Crippen LogP contribution in [0.1, 0.15) is 12.5 Å². The monoisotopic (exact) mass is 464 g/mol. The van der Waals surface area contributed by atoms with Crippen LogP contribution in [0.25, 0.3) is 22.4 Å². The average Bonchev–Trinajstić information content (AvgIpc) is 2.82.